The first-order valence-electron chi connectivity index (χ1n) is 5.39. The van der Waals surface area contributed by atoms with Gasteiger partial charge in [-0.25, -0.2) is 17.8 Å². The molecule has 2 rings (SSSR count). The number of pyridine rings is 1. The second kappa shape index (κ2) is 5.62. The maximum Gasteiger partial charge on any atom is 0.312 e. The molecule has 7 nitrogen and oxygen atoms in total. The molecule has 1 aromatic heterocycles. The molecule has 0 saturated heterocycles. The van der Waals surface area contributed by atoms with Gasteiger partial charge in [-0.15, -0.1) is 0 Å². The third kappa shape index (κ3) is 3.44. The molecule has 0 spiro atoms. The van der Waals surface area contributed by atoms with Gasteiger partial charge >= 0.3 is 5.69 Å². The molecule has 0 aliphatic carbocycles. The van der Waals surface area contributed by atoms with Crippen LogP contribution in [0.2, 0.25) is 5.15 Å². The van der Waals surface area contributed by atoms with Crippen LogP contribution >= 0.6 is 11.6 Å². The molecule has 0 aliphatic heterocycles. The number of nitrogens with one attached hydrogen (secondary N) is 1. The topological polar surface area (TPSA) is 102 Å². The first-order chi connectivity index (χ1) is 9.79. The highest BCUT2D eigenvalue weighted by Crippen LogP contribution is 2.26. The lowest BCUT2D eigenvalue weighted by Crippen LogP contribution is -2.15. The maximum absolute atomic E-state index is 13.1. The smallest absolute Gasteiger partial charge is 0.258 e. The van der Waals surface area contributed by atoms with E-state index in [1.807, 2.05) is 4.72 Å². The minimum Gasteiger partial charge on any atom is -0.258 e. The number of benzene rings is 1. The summed E-state index contributed by atoms with van der Waals surface area (Å²) in [4.78, 5) is 13.2. The number of anilines is 1. The minimum atomic E-state index is -4.22. The van der Waals surface area contributed by atoms with Crippen LogP contribution in [0.1, 0.15) is 0 Å². The van der Waals surface area contributed by atoms with Crippen LogP contribution in [-0.4, -0.2) is 18.3 Å². The number of nitro groups is 1. The van der Waals surface area contributed by atoms with Crippen molar-refractivity contribution in [2.24, 2.45) is 0 Å². The Morgan fingerprint density at radius 2 is 2.00 bits per heavy atom. The van der Waals surface area contributed by atoms with E-state index in [4.69, 9.17) is 11.6 Å². The number of aromatic nitrogens is 1. The molecule has 0 bridgehead atoms. The van der Waals surface area contributed by atoms with E-state index < -0.39 is 37.2 Å². The fourth-order valence-corrected chi connectivity index (χ4v) is 2.67. The van der Waals surface area contributed by atoms with Crippen LogP contribution in [0.3, 0.4) is 0 Å². The van der Waals surface area contributed by atoms with Crippen molar-refractivity contribution in [3.8, 4) is 0 Å². The summed E-state index contributed by atoms with van der Waals surface area (Å²) >= 11 is 5.59. The molecule has 0 radical (unpaired) electrons. The van der Waals surface area contributed by atoms with Crippen LogP contribution in [-0.2, 0) is 10.0 Å². The normalized spacial score (nSPS) is 11.1. The van der Waals surface area contributed by atoms with E-state index in [0.29, 0.717) is 0 Å². The van der Waals surface area contributed by atoms with Gasteiger partial charge in [0.25, 0.3) is 10.0 Å². The monoisotopic (exact) mass is 331 g/mol. The zero-order chi connectivity index (χ0) is 15.6. The van der Waals surface area contributed by atoms with Crippen LogP contribution in [0.25, 0.3) is 0 Å². The molecular weight excluding hydrogens is 325 g/mol. The van der Waals surface area contributed by atoms with Crippen molar-refractivity contribution >= 4 is 33.1 Å². The number of sulfonamides is 1. The quantitative estimate of drug-likeness (QED) is 0.527. The predicted octanol–water partition coefficient (Wildman–Crippen LogP) is 2.58. The molecule has 1 heterocycles. The van der Waals surface area contributed by atoms with E-state index in [9.17, 15) is 22.9 Å². The van der Waals surface area contributed by atoms with Crippen LogP contribution in [0.4, 0.5) is 15.9 Å². The van der Waals surface area contributed by atoms with Gasteiger partial charge in [0, 0.05) is 6.07 Å². The summed E-state index contributed by atoms with van der Waals surface area (Å²) in [7, 11) is -4.22. The zero-order valence-electron chi connectivity index (χ0n) is 10.2. The van der Waals surface area contributed by atoms with Crippen molar-refractivity contribution in [3.63, 3.8) is 0 Å². The number of rotatable bonds is 4. The summed E-state index contributed by atoms with van der Waals surface area (Å²) in [5.74, 6) is -1.30. The number of halogens is 2. The fourth-order valence-electron chi connectivity index (χ4n) is 1.47. The average Bonchev–Trinajstić information content (AvgIpc) is 2.38. The standard InChI is InChI=1S/C11H7ClFN3O4S/c12-10-5-4-9(16(17)18)11(14-10)15-21(19,20)8-3-1-2-7(13)6-8/h1-6H,(H,14,15). The van der Waals surface area contributed by atoms with E-state index in [1.165, 1.54) is 6.07 Å². The van der Waals surface area contributed by atoms with Crippen LogP contribution in [0.5, 0.6) is 0 Å². The van der Waals surface area contributed by atoms with E-state index in [-0.39, 0.29) is 5.15 Å². The fraction of sp³-hybridized carbons (Fsp3) is 0. The van der Waals surface area contributed by atoms with Gasteiger partial charge < -0.3 is 0 Å². The van der Waals surface area contributed by atoms with Crippen molar-refractivity contribution in [2.45, 2.75) is 4.90 Å². The first-order valence-corrected chi connectivity index (χ1v) is 7.25. The summed E-state index contributed by atoms with van der Waals surface area (Å²) in [6.45, 7) is 0. The van der Waals surface area contributed by atoms with Crippen LogP contribution in [0.15, 0.2) is 41.3 Å². The van der Waals surface area contributed by atoms with Gasteiger partial charge in [-0.05, 0) is 24.3 Å². The molecule has 2 aromatic rings. The van der Waals surface area contributed by atoms with E-state index >= 15 is 0 Å². The predicted molar refractivity (Wildman–Crippen MR) is 73.1 cm³/mol. The van der Waals surface area contributed by atoms with E-state index in [0.717, 1.165) is 30.3 Å². The Morgan fingerprint density at radius 3 is 2.62 bits per heavy atom. The molecule has 0 atom stereocenters. The zero-order valence-corrected chi connectivity index (χ0v) is 11.7. The summed E-state index contributed by atoms with van der Waals surface area (Å²) < 4.78 is 39.1. The summed E-state index contributed by atoms with van der Waals surface area (Å²) in [6, 6.07) is 6.35. The second-order valence-corrected chi connectivity index (χ2v) is 5.89. The molecule has 0 aliphatic rings. The molecule has 1 N–H and O–H groups in total. The van der Waals surface area contributed by atoms with Crippen molar-refractivity contribution in [1.82, 2.24) is 4.98 Å². The summed E-state index contributed by atoms with van der Waals surface area (Å²) in [6.07, 6.45) is 0. The summed E-state index contributed by atoms with van der Waals surface area (Å²) in [5, 5.41) is 10.7. The molecule has 10 heteroatoms. The highest BCUT2D eigenvalue weighted by atomic mass is 35.5. The van der Waals surface area contributed by atoms with E-state index in [1.54, 1.807) is 0 Å². The molecule has 0 saturated carbocycles. The maximum atomic E-state index is 13.1. The molecule has 0 amide bonds. The van der Waals surface area contributed by atoms with Gasteiger partial charge in [-0.2, -0.15) is 0 Å². The molecule has 110 valence electrons. The van der Waals surface area contributed by atoms with Gasteiger partial charge in [0.1, 0.15) is 11.0 Å². The first kappa shape index (κ1) is 15.1. The molecule has 0 fully saturated rings. The lowest BCUT2D eigenvalue weighted by atomic mass is 10.4. The van der Waals surface area contributed by atoms with Crippen molar-refractivity contribution in [1.29, 1.82) is 0 Å². The second-order valence-electron chi connectivity index (χ2n) is 3.82. The molecule has 0 unspecified atom stereocenters. The van der Waals surface area contributed by atoms with Crippen LogP contribution < -0.4 is 4.72 Å². The third-order valence-electron chi connectivity index (χ3n) is 2.37. The highest BCUT2D eigenvalue weighted by molar-refractivity contribution is 7.92. The van der Waals surface area contributed by atoms with Crippen molar-refractivity contribution in [2.75, 3.05) is 4.72 Å². The van der Waals surface area contributed by atoms with Gasteiger partial charge in [-0.3, -0.25) is 14.8 Å². The molecular formula is C11H7ClFN3O4S. The Morgan fingerprint density at radius 1 is 1.29 bits per heavy atom. The van der Waals surface area contributed by atoms with Crippen molar-refractivity contribution in [3.05, 3.63) is 57.5 Å². The lowest BCUT2D eigenvalue weighted by molar-refractivity contribution is -0.384. The number of hydrogen-bond acceptors (Lipinski definition) is 5. The highest BCUT2D eigenvalue weighted by Gasteiger charge is 2.22. The van der Waals surface area contributed by atoms with Crippen LogP contribution in [0, 0.1) is 15.9 Å². The lowest BCUT2D eigenvalue weighted by Gasteiger charge is -2.08. The summed E-state index contributed by atoms with van der Waals surface area (Å²) in [5.41, 5.74) is -0.570. The third-order valence-corrected chi connectivity index (χ3v) is 3.92. The SMILES string of the molecule is O=[N+]([O-])c1ccc(Cl)nc1NS(=O)(=O)c1cccc(F)c1. The Balaban J connectivity index is 2.46. The Bertz CT molecular complexity index is 813. The Kier molecular flexibility index (Phi) is 4.05. The van der Waals surface area contributed by atoms with E-state index in [2.05, 4.69) is 4.98 Å². The van der Waals surface area contributed by atoms with Crippen molar-refractivity contribution < 1.29 is 17.7 Å². The number of nitrogens with zero attached hydrogens (tertiary/aromatic N) is 2. The van der Waals surface area contributed by atoms with Gasteiger partial charge in [0.15, 0.2) is 0 Å². The van der Waals surface area contributed by atoms with Gasteiger partial charge in [0.05, 0.1) is 9.82 Å². The minimum absolute atomic E-state index is 0.127. The molecule has 21 heavy (non-hydrogen) atoms. The van der Waals surface area contributed by atoms with Gasteiger partial charge in [-0.1, -0.05) is 17.7 Å². The Hall–Kier alpha value is -2.26. The Labute approximate surface area is 123 Å². The average molecular weight is 332 g/mol. The number of hydrogen-bond donors (Lipinski definition) is 1. The van der Waals surface area contributed by atoms with Gasteiger partial charge in [0.2, 0.25) is 5.82 Å². The molecule has 1 aromatic carbocycles. The largest absolute Gasteiger partial charge is 0.312 e.